The molecule has 0 N–H and O–H groups in total. The number of benzene rings is 2. The molecule has 6 heteroatoms. The van der Waals surface area contributed by atoms with Crippen LogP contribution < -0.4 is 0 Å². The van der Waals surface area contributed by atoms with Crippen LogP contribution >= 0.6 is 15.9 Å². The van der Waals surface area contributed by atoms with Gasteiger partial charge in [-0.05, 0) is 23.8 Å². The van der Waals surface area contributed by atoms with Crippen molar-refractivity contribution in [3.05, 3.63) is 64.4 Å². The van der Waals surface area contributed by atoms with Gasteiger partial charge in [-0.3, -0.25) is 0 Å². The zero-order valence-corrected chi connectivity index (χ0v) is 13.2. The summed E-state index contributed by atoms with van der Waals surface area (Å²) in [6.07, 6.45) is 0. The van der Waals surface area contributed by atoms with Crippen LogP contribution in [0.1, 0.15) is 5.56 Å². The van der Waals surface area contributed by atoms with Gasteiger partial charge < -0.3 is 0 Å². The largest absolute Gasteiger partial charge is 0.246 e. The van der Waals surface area contributed by atoms with Crippen molar-refractivity contribution in [1.29, 1.82) is 0 Å². The van der Waals surface area contributed by atoms with Gasteiger partial charge in [-0.1, -0.05) is 46.3 Å². The maximum absolute atomic E-state index is 13.8. The molecule has 0 saturated carbocycles. The van der Waals surface area contributed by atoms with Crippen LogP contribution in [0, 0.1) is 5.82 Å². The van der Waals surface area contributed by atoms with Crippen LogP contribution in [0.15, 0.2) is 57.9 Å². The van der Waals surface area contributed by atoms with Crippen LogP contribution in [0.5, 0.6) is 0 Å². The Labute approximate surface area is 126 Å². The quantitative estimate of drug-likeness (QED) is 0.840. The molecule has 0 spiro atoms. The summed E-state index contributed by atoms with van der Waals surface area (Å²) >= 11 is 3.11. The van der Waals surface area contributed by atoms with E-state index < -0.39 is 15.8 Å². The molecule has 0 amide bonds. The van der Waals surface area contributed by atoms with Gasteiger partial charge in [0.15, 0.2) is 0 Å². The normalized spacial score (nSPS) is 11.8. The summed E-state index contributed by atoms with van der Waals surface area (Å²) < 4.78 is 40.1. The lowest BCUT2D eigenvalue weighted by molar-refractivity contribution is 0.460. The molecule has 3 nitrogen and oxygen atoms in total. The Balaban J connectivity index is 2.30. The minimum absolute atomic E-state index is 0.193. The molecule has 2 rings (SSSR count). The fraction of sp³-hybridized carbons (Fsp3) is 0.143. The highest BCUT2D eigenvalue weighted by Gasteiger charge is 2.24. The minimum Gasteiger partial charge on any atom is -0.207 e. The highest BCUT2D eigenvalue weighted by molar-refractivity contribution is 9.10. The van der Waals surface area contributed by atoms with Crippen LogP contribution in [0.4, 0.5) is 4.39 Å². The van der Waals surface area contributed by atoms with E-state index in [0.717, 1.165) is 15.9 Å². The van der Waals surface area contributed by atoms with Crippen LogP contribution in [0.25, 0.3) is 0 Å². The van der Waals surface area contributed by atoms with Gasteiger partial charge in [0.05, 0.1) is 0 Å². The van der Waals surface area contributed by atoms with E-state index in [0.29, 0.717) is 4.47 Å². The number of sulfonamides is 1. The molecule has 0 aliphatic rings. The molecule has 0 radical (unpaired) electrons. The lowest BCUT2D eigenvalue weighted by atomic mass is 10.2. The van der Waals surface area contributed by atoms with Crippen LogP contribution in [-0.2, 0) is 16.6 Å². The third-order valence-electron chi connectivity index (χ3n) is 2.83. The Morgan fingerprint density at radius 1 is 1.15 bits per heavy atom. The molecule has 0 bridgehead atoms. The first-order chi connectivity index (χ1) is 9.41. The zero-order chi connectivity index (χ0) is 14.8. The topological polar surface area (TPSA) is 37.4 Å². The van der Waals surface area contributed by atoms with E-state index in [1.807, 2.05) is 30.3 Å². The summed E-state index contributed by atoms with van der Waals surface area (Å²) in [5, 5.41) is 0. The summed E-state index contributed by atoms with van der Waals surface area (Å²) in [5.41, 5.74) is 0.844. The molecule has 0 atom stereocenters. The molecule has 0 aromatic heterocycles. The maximum atomic E-state index is 13.8. The maximum Gasteiger partial charge on any atom is 0.246 e. The number of hydrogen-bond acceptors (Lipinski definition) is 2. The third kappa shape index (κ3) is 3.26. The Kier molecular flexibility index (Phi) is 4.57. The highest BCUT2D eigenvalue weighted by atomic mass is 79.9. The second-order valence-electron chi connectivity index (χ2n) is 4.32. The van der Waals surface area contributed by atoms with Gasteiger partial charge in [0.25, 0.3) is 0 Å². The average Bonchev–Trinajstić information content (AvgIpc) is 2.39. The smallest absolute Gasteiger partial charge is 0.207 e. The van der Waals surface area contributed by atoms with Crippen molar-refractivity contribution in [2.45, 2.75) is 11.4 Å². The molecule has 2 aromatic carbocycles. The second kappa shape index (κ2) is 6.03. The molecule has 0 saturated heterocycles. The average molecular weight is 358 g/mol. The molecular formula is C14H13BrFNO2S. The first-order valence-electron chi connectivity index (χ1n) is 5.86. The monoisotopic (exact) mass is 357 g/mol. The van der Waals surface area contributed by atoms with Crippen molar-refractivity contribution in [2.75, 3.05) is 7.05 Å². The van der Waals surface area contributed by atoms with Gasteiger partial charge in [0.1, 0.15) is 10.7 Å². The molecular weight excluding hydrogens is 345 g/mol. The van der Waals surface area contributed by atoms with Gasteiger partial charge in [-0.15, -0.1) is 0 Å². The molecule has 0 aliphatic heterocycles. The molecule has 20 heavy (non-hydrogen) atoms. The molecule has 0 heterocycles. The molecule has 2 aromatic rings. The van der Waals surface area contributed by atoms with E-state index in [1.54, 1.807) is 0 Å². The summed E-state index contributed by atoms with van der Waals surface area (Å²) in [5.74, 6) is -0.765. The lowest BCUT2D eigenvalue weighted by Crippen LogP contribution is -2.27. The predicted octanol–water partition coefficient (Wildman–Crippen LogP) is 3.41. The van der Waals surface area contributed by atoms with E-state index in [-0.39, 0.29) is 11.4 Å². The van der Waals surface area contributed by atoms with Crippen LogP contribution in [0.2, 0.25) is 0 Å². The van der Waals surface area contributed by atoms with Crippen LogP contribution in [-0.4, -0.2) is 19.8 Å². The van der Waals surface area contributed by atoms with E-state index in [2.05, 4.69) is 15.9 Å². The van der Waals surface area contributed by atoms with E-state index in [4.69, 9.17) is 0 Å². The Bertz CT molecular complexity index is 704. The molecule has 0 aliphatic carbocycles. The Hall–Kier alpha value is -1.24. The van der Waals surface area contributed by atoms with E-state index in [9.17, 15) is 12.8 Å². The van der Waals surface area contributed by atoms with Crippen molar-refractivity contribution < 1.29 is 12.8 Å². The molecule has 106 valence electrons. The van der Waals surface area contributed by atoms with Crippen molar-refractivity contribution in [1.82, 2.24) is 4.31 Å². The van der Waals surface area contributed by atoms with Crippen LogP contribution in [0.3, 0.4) is 0 Å². The summed E-state index contributed by atoms with van der Waals surface area (Å²) in [7, 11) is -2.41. The van der Waals surface area contributed by atoms with E-state index >= 15 is 0 Å². The Morgan fingerprint density at radius 2 is 1.80 bits per heavy atom. The fourth-order valence-electron chi connectivity index (χ4n) is 1.78. The molecule has 0 fully saturated rings. The number of rotatable bonds is 4. The zero-order valence-electron chi connectivity index (χ0n) is 10.8. The SMILES string of the molecule is CN(Cc1ccccc1)S(=O)(=O)c1ccc(Br)cc1F. The van der Waals surface area contributed by atoms with Gasteiger partial charge in [0, 0.05) is 18.1 Å². The predicted molar refractivity (Wildman–Crippen MR) is 79.2 cm³/mol. The van der Waals surface area contributed by atoms with Gasteiger partial charge in [-0.25, -0.2) is 12.8 Å². The number of hydrogen-bond donors (Lipinski definition) is 0. The fourth-order valence-corrected chi connectivity index (χ4v) is 3.31. The van der Waals surface area contributed by atoms with Gasteiger partial charge in [-0.2, -0.15) is 4.31 Å². The number of nitrogens with zero attached hydrogens (tertiary/aromatic N) is 1. The summed E-state index contributed by atoms with van der Waals surface area (Å²) in [4.78, 5) is -0.320. The van der Waals surface area contributed by atoms with Crippen molar-refractivity contribution >= 4 is 26.0 Å². The highest BCUT2D eigenvalue weighted by Crippen LogP contribution is 2.23. The molecule has 0 unspecified atom stereocenters. The first-order valence-corrected chi connectivity index (χ1v) is 8.10. The van der Waals surface area contributed by atoms with Crippen molar-refractivity contribution in [3.63, 3.8) is 0 Å². The minimum atomic E-state index is -3.85. The first kappa shape index (κ1) is 15.2. The number of halogens is 2. The third-order valence-corrected chi connectivity index (χ3v) is 5.16. The van der Waals surface area contributed by atoms with Crippen molar-refractivity contribution in [2.24, 2.45) is 0 Å². The lowest BCUT2D eigenvalue weighted by Gasteiger charge is -2.17. The van der Waals surface area contributed by atoms with Crippen molar-refractivity contribution in [3.8, 4) is 0 Å². The Morgan fingerprint density at radius 3 is 2.40 bits per heavy atom. The standard InChI is InChI=1S/C14H13BrFNO2S/c1-17(10-11-5-3-2-4-6-11)20(18,19)14-8-7-12(15)9-13(14)16/h2-9H,10H2,1H3. The van der Waals surface area contributed by atoms with E-state index in [1.165, 1.54) is 19.2 Å². The van der Waals surface area contributed by atoms with Gasteiger partial charge >= 0.3 is 0 Å². The second-order valence-corrected chi connectivity index (χ2v) is 7.25. The summed E-state index contributed by atoms with van der Waals surface area (Å²) in [6.45, 7) is 0.193. The summed E-state index contributed by atoms with van der Waals surface area (Å²) in [6, 6.07) is 13.1. The van der Waals surface area contributed by atoms with Gasteiger partial charge in [0.2, 0.25) is 10.0 Å².